The van der Waals surface area contributed by atoms with Gasteiger partial charge in [0, 0.05) is 36.0 Å². The third-order valence-electron chi connectivity index (χ3n) is 6.41. The Kier molecular flexibility index (Phi) is 4.23. The Morgan fingerprint density at radius 2 is 1.77 bits per heavy atom. The van der Waals surface area contributed by atoms with E-state index in [4.69, 9.17) is 0 Å². The van der Waals surface area contributed by atoms with E-state index in [0.717, 1.165) is 16.5 Å². The Labute approximate surface area is 172 Å². The number of nitrogens with one attached hydrogen (secondary N) is 1. The van der Waals surface area contributed by atoms with Crippen LogP contribution in [-0.2, 0) is 14.4 Å². The van der Waals surface area contributed by atoms with E-state index in [2.05, 4.69) is 10.2 Å². The minimum absolute atomic E-state index is 0.205. The van der Waals surface area contributed by atoms with Gasteiger partial charge >= 0.3 is 5.97 Å². The molecule has 8 heteroatoms. The molecule has 1 unspecified atom stereocenters. The van der Waals surface area contributed by atoms with E-state index in [1.165, 1.54) is 4.90 Å². The number of hydrogen-bond donors (Lipinski definition) is 2. The predicted octanol–water partition coefficient (Wildman–Crippen LogP) is 1.91. The van der Waals surface area contributed by atoms with E-state index in [1.54, 1.807) is 6.07 Å². The van der Waals surface area contributed by atoms with Gasteiger partial charge in [-0.2, -0.15) is 0 Å². The summed E-state index contributed by atoms with van der Waals surface area (Å²) in [5, 5.41) is 13.3. The summed E-state index contributed by atoms with van der Waals surface area (Å²) >= 11 is 0. The Morgan fingerprint density at radius 1 is 1.00 bits per heavy atom. The molecule has 2 N–H and O–H groups in total. The molecule has 3 aliphatic rings. The van der Waals surface area contributed by atoms with Crippen LogP contribution in [0.15, 0.2) is 30.3 Å². The van der Waals surface area contributed by atoms with Crippen LogP contribution in [0.1, 0.15) is 36.0 Å². The lowest BCUT2D eigenvalue weighted by atomic mass is 9.95. The second-order valence-electron chi connectivity index (χ2n) is 8.07. The van der Waals surface area contributed by atoms with E-state index in [1.807, 2.05) is 24.3 Å². The van der Waals surface area contributed by atoms with Gasteiger partial charge in [-0.05, 0) is 37.5 Å². The molecule has 2 aromatic carbocycles. The molecule has 0 bridgehead atoms. The summed E-state index contributed by atoms with van der Waals surface area (Å²) in [5.74, 6) is -2.05. The maximum Gasteiger partial charge on any atom is 0.306 e. The number of carboxylic acid groups (broad SMARTS) is 1. The lowest BCUT2D eigenvalue weighted by Gasteiger charge is -2.33. The minimum atomic E-state index is -0.750. The predicted molar refractivity (Wildman–Crippen MR) is 110 cm³/mol. The van der Waals surface area contributed by atoms with Crippen molar-refractivity contribution in [2.45, 2.75) is 31.7 Å². The number of carboxylic acids is 1. The first-order valence-electron chi connectivity index (χ1n) is 10.2. The Bertz CT molecular complexity index is 1100. The van der Waals surface area contributed by atoms with Crippen molar-refractivity contribution in [2.24, 2.45) is 5.92 Å². The summed E-state index contributed by atoms with van der Waals surface area (Å²) in [5.41, 5.74) is 2.20. The van der Waals surface area contributed by atoms with Crippen molar-refractivity contribution >= 4 is 45.8 Å². The molecule has 0 spiro atoms. The molecule has 8 nitrogen and oxygen atoms in total. The van der Waals surface area contributed by atoms with Gasteiger partial charge in [-0.25, -0.2) is 0 Å². The van der Waals surface area contributed by atoms with E-state index in [0.29, 0.717) is 43.6 Å². The first kappa shape index (κ1) is 18.6. The highest BCUT2D eigenvalue weighted by molar-refractivity contribution is 6.28. The number of anilines is 2. The minimum Gasteiger partial charge on any atom is -0.481 e. The molecule has 154 valence electrons. The average molecular weight is 407 g/mol. The van der Waals surface area contributed by atoms with Crippen molar-refractivity contribution in [1.29, 1.82) is 0 Å². The largest absolute Gasteiger partial charge is 0.481 e. The summed E-state index contributed by atoms with van der Waals surface area (Å²) in [6.45, 7) is 1.28. The molecule has 2 aromatic rings. The molecule has 3 aliphatic heterocycles. The van der Waals surface area contributed by atoms with Crippen molar-refractivity contribution < 1.29 is 24.3 Å². The summed E-state index contributed by atoms with van der Waals surface area (Å²) in [6, 6.07) is 8.66. The second kappa shape index (κ2) is 6.83. The Morgan fingerprint density at radius 3 is 2.47 bits per heavy atom. The fourth-order valence-electron chi connectivity index (χ4n) is 4.87. The third-order valence-corrected chi connectivity index (χ3v) is 6.41. The van der Waals surface area contributed by atoms with Crippen LogP contribution in [0.5, 0.6) is 0 Å². The highest BCUT2D eigenvalue weighted by atomic mass is 16.4. The summed E-state index contributed by atoms with van der Waals surface area (Å²) in [4.78, 5) is 52.1. The molecule has 0 radical (unpaired) electrons. The zero-order valence-corrected chi connectivity index (χ0v) is 16.3. The maximum atomic E-state index is 13.2. The number of imide groups is 1. The Hall–Kier alpha value is -3.42. The number of piperidine rings is 2. The zero-order chi connectivity index (χ0) is 21.0. The van der Waals surface area contributed by atoms with Gasteiger partial charge in [0.15, 0.2) is 0 Å². The van der Waals surface area contributed by atoms with Crippen molar-refractivity contribution in [3.8, 4) is 0 Å². The van der Waals surface area contributed by atoms with Crippen LogP contribution < -0.4 is 15.1 Å². The number of benzene rings is 2. The molecule has 0 saturated carbocycles. The number of amides is 3. The van der Waals surface area contributed by atoms with Gasteiger partial charge in [-0.3, -0.25) is 29.4 Å². The molecular weight excluding hydrogens is 386 g/mol. The molecule has 0 aromatic heterocycles. The standard InChI is InChI=1S/C22H21N3O5/c26-18-7-6-17(20(27)23-18)25-16-3-1-2-13-15(5-4-14(19(13)16)21(25)28)24-10-8-12(9-11-24)22(29)30/h1-5,12,17H,6-11H2,(H,29,30)(H,23,26,27). The summed E-state index contributed by atoms with van der Waals surface area (Å²) in [6.07, 6.45) is 1.67. The topological polar surface area (TPSA) is 107 Å². The molecule has 5 rings (SSSR count). The quantitative estimate of drug-likeness (QED) is 0.753. The highest BCUT2D eigenvalue weighted by Gasteiger charge is 2.41. The van der Waals surface area contributed by atoms with Crippen LogP contribution in [0.3, 0.4) is 0 Å². The molecule has 0 aliphatic carbocycles. The fourth-order valence-corrected chi connectivity index (χ4v) is 4.87. The fraction of sp³-hybridized carbons (Fsp3) is 0.364. The van der Waals surface area contributed by atoms with Gasteiger partial charge in [-0.15, -0.1) is 0 Å². The van der Waals surface area contributed by atoms with Gasteiger partial charge in [-0.1, -0.05) is 12.1 Å². The van der Waals surface area contributed by atoms with Gasteiger partial charge in [0.2, 0.25) is 11.8 Å². The normalized spacial score (nSPS) is 22.0. The number of nitrogens with zero attached hydrogens (tertiary/aromatic N) is 2. The van der Waals surface area contributed by atoms with Crippen LogP contribution in [0.2, 0.25) is 0 Å². The van der Waals surface area contributed by atoms with E-state index in [9.17, 15) is 24.3 Å². The number of carbonyl (C=O) groups excluding carboxylic acids is 3. The third kappa shape index (κ3) is 2.74. The van der Waals surface area contributed by atoms with E-state index < -0.39 is 17.9 Å². The monoisotopic (exact) mass is 407 g/mol. The number of aliphatic carboxylic acids is 1. The van der Waals surface area contributed by atoms with Crippen molar-refractivity contribution in [1.82, 2.24) is 5.32 Å². The molecular formula is C22H21N3O5. The molecule has 2 saturated heterocycles. The lowest BCUT2D eigenvalue weighted by molar-refractivity contribution is -0.142. The van der Waals surface area contributed by atoms with Gasteiger partial charge in [0.25, 0.3) is 5.91 Å². The maximum absolute atomic E-state index is 13.2. The highest BCUT2D eigenvalue weighted by Crippen LogP contribution is 2.43. The van der Waals surface area contributed by atoms with Crippen molar-refractivity contribution in [2.75, 3.05) is 22.9 Å². The first-order chi connectivity index (χ1) is 14.5. The van der Waals surface area contributed by atoms with Crippen LogP contribution in [0, 0.1) is 5.92 Å². The molecule has 2 fully saturated rings. The molecule has 3 amide bonds. The van der Waals surface area contributed by atoms with Crippen molar-refractivity contribution in [3.05, 3.63) is 35.9 Å². The van der Waals surface area contributed by atoms with Crippen LogP contribution in [0.25, 0.3) is 10.8 Å². The Balaban J connectivity index is 1.53. The lowest BCUT2D eigenvalue weighted by Crippen LogP contribution is -2.53. The van der Waals surface area contributed by atoms with E-state index >= 15 is 0 Å². The van der Waals surface area contributed by atoms with E-state index in [-0.39, 0.29) is 24.2 Å². The average Bonchev–Trinajstić information content (AvgIpc) is 3.02. The summed E-state index contributed by atoms with van der Waals surface area (Å²) in [7, 11) is 0. The number of carbonyl (C=O) groups is 4. The van der Waals surface area contributed by atoms with Gasteiger partial charge in [0.1, 0.15) is 6.04 Å². The number of hydrogen-bond acceptors (Lipinski definition) is 5. The number of rotatable bonds is 3. The molecule has 30 heavy (non-hydrogen) atoms. The zero-order valence-electron chi connectivity index (χ0n) is 16.3. The molecule has 1 atom stereocenters. The van der Waals surface area contributed by atoms with Crippen molar-refractivity contribution in [3.63, 3.8) is 0 Å². The summed E-state index contributed by atoms with van der Waals surface area (Å²) < 4.78 is 0. The van der Waals surface area contributed by atoms with Gasteiger partial charge < -0.3 is 10.0 Å². The van der Waals surface area contributed by atoms with Crippen LogP contribution in [-0.4, -0.2) is 47.9 Å². The second-order valence-corrected chi connectivity index (χ2v) is 8.07. The first-order valence-corrected chi connectivity index (χ1v) is 10.2. The smallest absolute Gasteiger partial charge is 0.306 e. The van der Waals surface area contributed by atoms with Crippen LogP contribution >= 0.6 is 0 Å². The molecule has 3 heterocycles. The van der Waals surface area contributed by atoms with Gasteiger partial charge in [0.05, 0.1) is 17.2 Å². The SMILES string of the molecule is O=C1CCC(N2C(=O)c3ccc(N4CCC(C(=O)O)CC4)c4cccc2c34)C(=O)N1. The van der Waals surface area contributed by atoms with Crippen LogP contribution in [0.4, 0.5) is 11.4 Å².